The van der Waals surface area contributed by atoms with Gasteiger partial charge in [-0.25, -0.2) is 8.78 Å². The minimum atomic E-state index is -5.15. The summed E-state index contributed by atoms with van der Waals surface area (Å²) >= 11 is 5.67. The molecule has 3 aromatic rings. The maximum atomic E-state index is 14.7. The first kappa shape index (κ1) is 30.6. The Bertz CT molecular complexity index is 1260. The Labute approximate surface area is 222 Å². The van der Waals surface area contributed by atoms with E-state index < -0.39 is 59.8 Å². The van der Waals surface area contributed by atoms with Crippen molar-refractivity contribution in [2.24, 2.45) is 0 Å². The average molecular weight is 586 g/mol. The Morgan fingerprint density at radius 3 is 2.13 bits per heavy atom. The predicted molar refractivity (Wildman–Crippen MR) is 125 cm³/mol. The molecule has 3 nitrogen and oxygen atoms in total. The number of hydrogen-bond acceptors (Lipinski definition) is 3. The first-order valence-electron chi connectivity index (χ1n) is 11.2. The fraction of sp³-hybridized carbons (Fsp3) is 0.308. The highest BCUT2D eigenvalue weighted by atomic mass is 35.5. The van der Waals surface area contributed by atoms with E-state index >= 15 is 0 Å². The summed E-state index contributed by atoms with van der Waals surface area (Å²) in [6.45, 7) is -0.408. The molecule has 3 aromatic carbocycles. The SMILES string of the molecule is OC(CCl)CN[C@@](Cc1ccccc1)(c1cc(F)cc(OC(F)(F)C(F)F)c1)c1ccc(F)c(C(F)(F)F)c1. The van der Waals surface area contributed by atoms with Crippen LogP contribution in [0.1, 0.15) is 22.3 Å². The van der Waals surface area contributed by atoms with Crippen LogP contribution in [0, 0.1) is 11.6 Å². The van der Waals surface area contributed by atoms with Crippen LogP contribution in [0.15, 0.2) is 66.7 Å². The smallest absolute Gasteiger partial charge is 0.428 e. The zero-order valence-electron chi connectivity index (χ0n) is 19.8. The molecule has 2 atom stereocenters. The van der Waals surface area contributed by atoms with Gasteiger partial charge in [-0.3, -0.25) is 0 Å². The summed E-state index contributed by atoms with van der Waals surface area (Å²) in [7, 11) is 0. The van der Waals surface area contributed by atoms with E-state index in [1.165, 1.54) is 0 Å². The molecule has 0 heterocycles. The number of alkyl halides is 8. The standard InChI is InChI=1S/C26H21ClF9NO2/c27-13-19(38)14-37-24(12-15-4-2-1-3-5-15,16-6-7-22(29)21(10-16)25(32,33)34)17-8-18(28)11-20(9-17)39-26(35,36)23(30)31/h1-11,19,23,37-38H,12-14H2/t19?,24-/m1/s1. The van der Waals surface area contributed by atoms with Crippen molar-refractivity contribution in [3.05, 3.63) is 101 Å². The summed E-state index contributed by atoms with van der Waals surface area (Å²) in [5.41, 5.74) is -3.85. The number of halogens is 10. The third-order valence-electron chi connectivity index (χ3n) is 5.77. The van der Waals surface area contributed by atoms with Crippen LogP contribution in [0.25, 0.3) is 0 Å². The number of benzene rings is 3. The first-order chi connectivity index (χ1) is 18.2. The van der Waals surface area contributed by atoms with E-state index in [2.05, 4.69) is 10.1 Å². The molecule has 3 rings (SSSR count). The summed E-state index contributed by atoms with van der Waals surface area (Å²) in [5, 5.41) is 12.9. The maximum Gasteiger partial charge on any atom is 0.461 e. The molecule has 0 bridgehead atoms. The molecule has 39 heavy (non-hydrogen) atoms. The molecule has 0 aromatic heterocycles. The molecule has 0 amide bonds. The molecular weight excluding hydrogens is 565 g/mol. The van der Waals surface area contributed by atoms with Gasteiger partial charge >= 0.3 is 18.7 Å². The van der Waals surface area contributed by atoms with Gasteiger partial charge in [-0.05, 0) is 47.4 Å². The number of nitrogens with one attached hydrogen (secondary N) is 1. The van der Waals surface area contributed by atoms with Crippen LogP contribution in [-0.2, 0) is 18.1 Å². The predicted octanol–water partition coefficient (Wildman–Crippen LogP) is 6.90. The van der Waals surface area contributed by atoms with Crippen LogP contribution in [0.4, 0.5) is 39.5 Å². The highest BCUT2D eigenvalue weighted by molar-refractivity contribution is 6.18. The van der Waals surface area contributed by atoms with Gasteiger partial charge in [-0.1, -0.05) is 36.4 Å². The van der Waals surface area contributed by atoms with Gasteiger partial charge in [0.15, 0.2) is 0 Å². The van der Waals surface area contributed by atoms with Crippen molar-refractivity contribution in [2.75, 3.05) is 12.4 Å². The lowest BCUT2D eigenvalue weighted by Gasteiger charge is -2.38. The molecule has 0 spiro atoms. The summed E-state index contributed by atoms with van der Waals surface area (Å²) in [6.07, 6.45) is -16.0. The second-order valence-electron chi connectivity index (χ2n) is 8.59. The van der Waals surface area contributed by atoms with Crippen molar-refractivity contribution in [3.63, 3.8) is 0 Å². The van der Waals surface area contributed by atoms with Crippen LogP contribution in [0.5, 0.6) is 5.75 Å². The molecule has 0 aliphatic heterocycles. The average Bonchev–Trinajstić information content (AvgIpc) is 2.85. The number of aliphatic hydroxyl groups excluding tert-OH is 1. The lowest BCUT2D eigenvalue weighted by Crippen LogP contribution is -2.49. The second-order valence-corrected chi connectivity index (χ2v) is 8.90. The van der Waals surface area contributed by atoms with Crippen LogP contribution < -0.4 is 10.1 Å². The molecule has 0 aliphatic carbocycles. The summed E-state index contributed by atoms with van der Waals surface area (Å²) in [4.78, 5) is 0. The zero-order valence-corrected chi connectivity index (χ0v) is 20.5. The second kappa shape index (κ2) is 12.1. The van der Waals surface area contributed by atoms with E-state index in [0.29, 0.717) is 23.8 Å². The Morgan fingerprint density at radius 2 is 1.54 bits per heavy atom. The van der Waals surface area contributed by atoms with Crippen molar-refractivity contribution in [1.29, 1.82) is 0 Å². The van der Waals surface area contributed by atoms with Crippen LogP contribution in [-0.4, -0.2) is 36.2 Å². The zero-order chi connectivity index (χ0) is 29.0. The quantitative estimate of drug-likeness (QED) is 0.190. The Morgan fingerprint density at radius 1 is 0.872 bits per heavy atom. The van der Waals surface area contributed by atoms with E-state index in [9.17, 15) is 44.6 Å². The van der Waals surface area contributed by atoms with E-state index in [1.807, 2.05) is 0 Å². The molecular formula is C26H21ClF9NO2. The molecule has 1 unspecified atom stereocenters. The van der Waals surface area contributed by atoms with E-state index in [1.54, 1.807) is 30.3 Å². The Hall–Kier alpha value is -2.96. The fourth-order valence-electron chi connectivity index (χ4n) is 3.96. The summed E-state index contributed by atoms with van der Waals surface area (Å²) in [6, 6.07) is 11.8. The largest absolute Gasteiger partial charge is 0.461 e. The van der Waals surface area contributed by atoms with Gasteiger partial charge in [0.05, 0.1) is 17.2 Å². The van der Waals surface area contributed by atoms with Crippen molar-refractivity contribution in [1.82, 2.24) is 5.32 Å². The van der Waals surface area contributed by atoms with Gasteiger partial charge in [-0.2, -0.15) is 30.7 Å². The molecule has 2 N–H and O–H groups in total. The van der Waals surface area contributed by atoms with Gasteiger partial charge in [-0.15, -0.1) is 11.6 Å². The van der Waals surface area contributed by atoms with Crippen LogP contribution >= 0.6 is 11.6 Å². The van der Waals surface area contributed by atoms with Crippen molar-refractivity contribution in [2.45, 2.75) is 36.8 Å². The van der Waals surface area contributed by atoms with Gasteiger partial charge in [0, 0.05) is 18.5 Å². The summed E-state index contributed by atoms with van der Waals surface area (Å²) in [5.74, 6) is -4.24. The fourth-order valence-corrected chi connectivity index (χ4v) is 4.07. The lowest BCUT2D eigenvalue weighted by molar-refractivity contribution is -0.253. The van der Waals surface area contributed by atoms with Gasteiger partial charge < -0.3 is 15.2 Å². The molecule has 0 saturated heterocycles. The topological polar surface area (TPSA) is 41.5 Å². The third-order valence-corrected chi connectivity index (χ3v) is 6.12. The van der Waals surface area contributed by atoms with E-state index in [0.717, 1.165) is 18.2 Å². The number of rotatable bonds is 11. The van der Waals surface area contributed by atoms with Gasteiger partial charge in [0.25, 0.3) is 0 Å². The molecule has 212 valence electrons. The van der Waals surface area contributed by atoms with E-state index in [-0.39, 0.29) is 23.4 Å². The van der Waals surface area contributed by atoms with Crippen molar-refractivity contribution < 1.29 is 49.4 Å². The van der Waals surface area contributed by atoms with Crippen molar-refractivity contribution >= 4 is 11.6 Å². The molecule has 0 fully saturated rings. The Kier molecular flexibility index (Phi) is 9.45. The number of aliphatic hydroxyl groups is 1. The van der Waals surface area contributed by atoms with Gasteiger partial charge in [0.2, 0.25) is 0 Å². The Balaban J connectivity index is 2.33. The van der Waals surface area contributed by atoms with Crippen LogP contribution in [0.3, 0.4) is 0 Å². The summed E-state index contributed by atoms with van der Waals surface area (Å²) < 4.78 is 127. The first-order valence-corrected chi connectivity index (χ1v) is 11.8. The third kappa shape index (κ3) is 7.37. The molecule has 13 heteroatoms. The highest BCUT2D eigenvalue weighted by Crippen LogP contribution is 2.40. The minimum absolute atomic E-state index is 0.292. The molecule has 0 aliphatic rings. The minimum Gasteiger partial charge on any atom is -0.428 e. The normalized spacial score (nSPS) is 14.8. The van der Waals surface area contributed by atoms with Crippen LogP contribution in [0.2, 0.25) is 0 Å². The monoisotopic (exact) mass is 585 g/mol. The van der Waals surface area contributed by atoms with Gasteiger partial charge in [0.1, 0.15) is 17.4 Å². The maximum absolute atomic E-state index is 14.7. The number of hydrogen-bond donors (Lipinski definition) is 2. The lowest BCUT2D eigenvalue weighted by atomic mass is 9.77. The number of ether oxygens (including phenoxy) is 1. The van der Waals surface area contributed by atoms with E-state index in [4.69, 9.17) is 11.6 Å². The van der Waals surface area contributed by atoms with Crippen molar-refractivity contribution in [3.8, 4) is 5.75 Å². The molecule has 0 saturated carbocycles. The molecule has 0 radical (unpaired) electrons. The highest BCUT2D eigenvalue weighted by Gasteiger charge is 2.45.